The predicted octanol–water partition coefficient (Wildman–Crippen LogP) is 0.483. The Bertz CT molecular complexity index is 648. The molecule has 0 aliphatic heterocycles. The Morgan fingerprint density at radius 2 is 2.00 bits per heavy atom. The standard InChI is InChI=1S/C10H10ClF3N2O4S/c11-7-2-1-5(3-6(7)10(12,13)14)21(19,20)16-4-8(17)9(15)18/h1-3,8,16-17H,4H2,(H2,15,18). The molecule has 1 aromatic carbocycles. The smallest absolute Gasteiger partial charge is 0.382 e. The van der Waals surface area contributed by atoms with Crippen LogP contribution < -0.4 is 10.5 Å². The van der Waals surface area contributed by atoms with Crippen molar-refractivity contribution in [2.45, 2.75) is 17.2 Å². The van der Waals surface area contributed by atoms with Gasteiger partial charge in [0, 0.05) is 6.54 Å². The number of hydrogen-bond donors (Lipinski definition) is 3. The Labute approximate surface area is 122 Å². The van der Waals surface area contributed by atoms with Crippen molar-refractivity contribution in [3.05, 3.63) is 28.8 Å². The summed E-state index contributed by atoms with van der Waals surface area (Å²) in [5.41, 5.74) is 3.40. The molecule has 0 saturated carbocycles. The lowest BCUT2D eigenvalue weighted by molar-refractivity contribution is -0.137. The number of nitrogens with two attached hydrogens (primary N) is 1. The first-order valence-electron chi connectivity index (χ1n) is 5.29. The Morgan fingerprint density at radius 1 is 1.43 bits per heavy atom. The van der Waals surface area contributed by atoms with Crippen LogP contribution >= 0.6 is 11.6 Å². The van der Waals surface area contributed by atoms with Gasteiger partial charge in [0.15, 0.2) is 0 Å². The van der Waals surface area contributed by atoms with Crippen molar-refractivity contribution in [2.75, 3.05) is 6.54 Å². The summed E-state index contributed by atoms with van der Waals surface area (Å²) in [6.45, 7) is -0.762. The number of carbonyl (C=O) groups excluding carboxylic acids is 1. The van der Waals surface area contributed by atoms with Gasteiger partial charge in [0.2, 0.25) is 15.9 Å². The zero-order valence-electron chi connectivity index (χ0n) is 10.2. The van der Waals surface area contributed by atoms with Crippen molar-refractivity contribution in [2.24, 2.45) is 5.73 Å². The van der Waals surface area contributed by atoms with E-state index in [2.05, 4.69) is 0 Å². The maximum absolute atomic E-state index is 12.6. The molecule has 118 valence electrons. The summed E-state index contributed by atoms with van der Waals surface area (Å²) < 4.78 is 63.2. The second-order valence-corrected chi connectivity index (χ2v) is 6.08. The third-order valence-corrected chi connectivity index (χ3v) is 4.10. The number of benzene rings is 1. The van der Waals surface area contributed by atoms with Gasteiger partial charge in [-0.15, -0.1) is 0 Å². The van der Waals surface area contributed by atoms with E-state index in [4.69, 9.17) is 22.4 Å². The highest BCUT2D eigenvalue weighted by Crippen LogP contribution is 2.35. The molecule has 0 aliphatic carbocycles. The van der Waals surface area contributed by atoms with Crippen molar-refractivity contribution >= 4 is 27.5 Å². The van der Waals surface area contributed by atoms with Crippen LogP contribution in [0.5, 0.6) is 0 Å². The number of aliphatic hydroxyl groups excluding tert-OH is 1. The van der Waals surface area contributed by atoms with Gasteiger partial charge in [-0.25, -0.2) is 13.1 Å². The minimum absolute atomic E-state index is 0.349. The van der Waals surface area contributed by atoms with Crippen molar-refractivity contribution in [1.29, 1.82) is 0 Å². The molecule has 6 nitrogen and oxygen atoms in total. The van der Waals surface area contributed by atoms with Crippen LogP contribution in [0.2, 0.25) is 5.02 Å². The highest BCUT2D eigenvalue weighted by atomic mass is 35.5. The van der Waals surface area contributed by atoms with Crippen LogP contribution in [-0.2, 0) is 21.0 Å². The van der Waals surface area contributed by atoms with E-state index in [0.717, 1.165) is 12.1 Å². The maximum Gasteiger partial charge on any atom is 0.417 e. The van der Waals surface area contributed by atoms with Gasteiger partial charge in [-0.2, -0.15) is 13.2 Å². The molecule has 1 amide bonds. The van der Waals surface area contributed by atoms with Crippen LogP contribution in [0.4, 0.5) is 13.2 Å². The molecule has 1 atom stereocenters. The maximum atomic E-state index is 12.6. The average molecular weight is 347 g/mol. The summed E-state index contributed by atoms with van der Waals surface area (Å²) in [6.07, 6.45) is -6.62. The summed E-state index contributed by atoms with van der Waals surface area (Å²) in [5, 5.41) is 8.41. The molecule has 0 saturated heterocycles. The molecule has 0 aromatic heterocycles. The molecule has 0 spiro atoms. The molecule has 0 bridgehead atoms. The first-order chi connectivity index (χ1) is 9.45. The Balaban J connectivity index is 3.07. The van der Waals surface area contributed by atoms with Crippen molar-refractivity contribution in [3.8, 4) is 0 Å². The normalized spacial score (nSPS) is 14.0. The molecule has 0 aliphatic rings. The molecular formula is C10H10ClF3N2O4S. The van der Waals surface area contributed by atoms with E-state index >= 15 is 0 Å². The summed E-state index contributed by atoms with van der Waals surface area (Å²) in [6, 6.07) is 1.99. The fraction of sp³-hybridized carbons (Fsp3) is 0.300. The van der Waals surface area contributed by atoms with E-state index in [0.29, 0.717) is 6.07 Å². The number of carbonyl (C=O) groups is 1. The lowest BCUT2D eigenvalue weighted by Crippen LogP contribution is -2.39. The van der Waals surface area contributed by atoms with E-state index in [1.165, 1.54) is 0 Å². The molecule has 1 rings (SSSR count). The highest BCUT2D eigenvalue weighted by molar-refractivity contribution is 7.89. The van der Waals surface area contributed by atoms with E-state index in [1.54, 1.807) is 4.72 Å². The lowest BCUT2D eigenvalue weighted by Gasteiger charge is -2.13. The van der Waals surface area contributed by atoms with E-state index in [-0.39, 0.29) is 0 Å². The summed E-state index contributed by atoms with van der Waals surface area (Å²) in [5.74, 6) is -1.18. The molecule has 0 heterocycles. The molecule has 11 heteroatoms. The minimum atomic E-state index is -4.82. The summed E-state index contributed by atoms with van der Waals surface area (Å²) >= 11 is 5.36. The SMILES string of the molecule is NC(=O)C(O)CNS(=O)(=O)c1ccc(Cl)c(C(F)(F)F)c1. The third-order valence-electron chi connectivity index (χ3n) is 2.35. The van der Waals surface area contributed by atoms with E-state index < -0.39 is 50.2 Å². The van der Waals surface area contributed by atoms with Gasteiger partial charge >= 0.3 is 6.18 Å². The number of aliphatic hydroxyl groups is 1. The lowest BCUT2D eigenvalue weighted by atomic mass is 10.2. The van der Waals surface area contributed by atoms with E-state index in [1.807, 2.05) is 0 Å². The largest absolute Gasteiger partial charge is 0.417 e. The van der Waals surface area contributed by atoms with Crippen LogP contribution in [0, 0.1) is 0 Å². The first kappa shape index (κ1) is 17.7. The zero-order valence-corrected chi connectivity index (χ0v) is 11.8. The molecule has 1 aromatic rings. The van der Waals surface area contributed by atoms with Gasteiger partial charge in [0.25, 0.3) is 0 Å². The quantitative estimate of drug-likeness (QED) is 0.720. The van der Waals surface area contributed by atoms with Gasteiger partial charge in [-0.1, -0.05) is 11.6 Å². The summed E-state index contributed by atoms with van der Waals surface area (Å²) in [7, 11) is -4.36. The third kappa shape index (κ3) is 4.56. The number of primary amides is 1. The van der Waals surface area contributed by atoms with Crippen LogP contribution in [0.3, 0.4) is 0 Å². The number of sulfonamides is 1. The second kappa shape index (κ2) is 6.18. The number of halogens is 4. The number of alkyl halides is 3. The minimum Gasteiger partial charge on any atom is -0.382 e. The second-order valence-electron chi connectivity index (χ2n) is 3.91. The predicted molar refractivity (Wildman–Crippen MR) is 66.8 cm³/mol. The number of rotatable bonds is 5. The van der Waals surface area contributed by atoms with Gasteiger partial charge < -0.3 is 10.8 Å². The first-order valence-corrected chi connectivity index (χ1v) is 7.15. The molecule has 21 heavy (non-hydrogen) atoms. The average Bonchev–Trinajstić information content (AvgIpc) is 2.34. The molecule has 0 radical (unpaired) electrons. The van der Waals surface area contributed by atoms with Crippen LogP contribution in [0.1, 0.15) is 5.56 Å². The van der Waals surface area contributed by atoms with Gasteiger partial charge in [0.1, 0.15) is 6.10 Å². The number of amides is 1. The summed E-state index contributed by atoms with van der Waals surface area (Å²) in [4.78, 5) is 9.84. The Hall–Kier alpha value is -1.36. The van der Waals surface area contributed by atoms with Crippen LogP contribution in [-0.4, -0.2) is 32.1 Å². The van der Waals surface area contributed by atoms with Gasteiger partial charge in [-0.3, -0.25) is 4.79 Å². The van der Waals surface area contributed by atoms with Crippen LogP contribution in [0.25, 0.3) is 0 Å². The van der Waals surface area contributed by atoms with Gasteiger partial charge in [0.05, 0.1) is 15.5 Å². The van der Waals surface area contributed by atoms with Crippen LogP contribution in [0.15, 0.2) is 23.1 Å². The molecule has 1 unspecified atom stereocenters. The number of nitrogens with one attached hydrogen (secondary N) is 1. The molecule has 0 fully saturated rings. The van der Waals surface area contributed by atoms with Gasteiger partial charge in [-0.05, 0) is 18.2 Å². The highest BCUT2D eigenvalue weighted by Gasteiger charge is 2.34. The Morgan fingerprint density at radius 3 is 2.48 bits per heavy atom. The monoisotopic (exact) mass is 346 g/mol. The van der Waals surface area contributed by atoms with Crippen molar-refractivity contribution < 1.29 is 31.5 Å². The fourth-order valence-corrected chi connectivity index (χ4v) is 2.55. The van der Waals surface area contributed by atoms with E-state index in [9.17, 15) is 26.4 Å². The Kier molecular flexibility index (Phi) is 5.20. The fourth-order valence-electron chi connectivity index (χ4n) is 1.26. The topological polar surface area (TPSA) is 109 Å². The zero-order chi connectivity index (χ0) is 16.4. The van der Waals surface area contributed by atoms with Crippen molar-refractivity contribution in [3.63, 3.8) is 0 Å². The molecular weight excluding hydrogens is 337 g/mol. The number of hydrogen-bond acceptors (Lipinski definition) is 4. The van der Waals surface area contributed by atoms with Crippen molar-refractivity contribution in [1.82, 2.24) is 4.72 Å². The molecule has 4 N–H and O–H groups in total.